The van der Waals surface area contributed by atoms with E-state index in [9.17, 15) is 0 Å². The molecule has 98 valence electrons. The van der Waals surface area contributed by atoms with Gasteiger partial charge in [0.15, 0.2) is 5.17 Å². The zero-order chi connectivity index (χ0) is 12.4. The summed E-state index contributed by atoms with van der Waals surface area (Å²) in [6, 6.07) is 2.19. The lowest BCUT2D eigenvalue weighted by atomic mass is 9.89. The molecule has 2 heterocycles. The summed E-state index contributed by atoms with van der Waals surface area (Å²) in [6.07, 6.45) is 5.60. The van der Waals surface area contributed by atoms with E-state index in [4.69, 9.17) is 4.99 Å². The van der Waals surface area contributed by atoms with Gasteiger partial charge in [-0.3, -0.25) is 4.99 Å². The van der Waals surface area contributed by atoms with Gasteiger partial charge >= 0.3 is 0 Å². The van der Waals surface area contributed by atoms with Crippen LogP contribution in [0, 0.1) is 12.3 Å². The fourth-order valence-electron chi connectivity index (χ4n) is 2.83. The first-order valence-electron chi connectivity index (χ1n) is 6.72. The maximum atomic E-state index is 4.77. The zero-order valence-electron chi connectivity index (χ0n) is 10.9. The van der Waals surface area contributed by atoms with Crippen LogP contribution in [-0.4, -0.2) is 17.5 Å². The lowest BCUT2D eigenvalue weighted by Crippen LogP contribution is -2.33. The topological polar surface area (TPSA) is 24.4 Å². The second kappa shape index (κ2) is 5.25. The molecule has 2 nitrogen and oxygen atoms in total. The van der Waals surface area contributed by atoms with Gasteiger partial charge < -0.3 is 5.32 Å². The number of rotatable bonds is 2. The van der Waals surface area contributed by atoms with E-state index in [2.05, 4.69) is 23.7 Å². The van der Waals surface area contributed by atoms with Crippen molar-refractivity contribution in [3.05, 3.63) is 21.9 Å². The van der Waals surface area contributed by atoms with Gasteiger partial charge in [0.25, 0.3) is 0 Å². The average molecular weight is 280 g/mol. The van der Waals surface area contributed by atoms with Gasteiger partial charge in [-0.05, 0) is 42.2 Å². The summed E-state index contributed by atoms with van der Waals surface area (Å²) in [5.41, 5.74) is 1.94. The number of nitrogens with zero attached hydrogens (tertiary/aromatic N) is 1. The quantitative estimate of drug-likeness (QED) is 0.891. The van der Waals surface area contributed by atoms with Gasteiger partial charge in [0.2, 0.25) is 0 Å². The fraction of sp³-hybridized carbons (Fsp3) is 0.643. The van der Waals surface area contributed by atoms with Gasteiger partial charge in [0, 0.05) is 17.2 Å². The Bertz CT molecular complexity index is 444. The third-order valence-corrected chi connectivity index (χ3v) is 6.43. The highest BCUT2D eigenvalue weighted by Crippen LogP contribution is 2.43. The Morgan fingerprint density at radius 2 is 2.22 bits per heavy atom. The van der Waals surface area contributed by atoms with Crippen molar-refractivity contribution in [1.82, 2.24) is 5.32 Å². The van der Waals surface area contributed by atoms with Crippen molar-refractivity contribution in [2.45, 2.75) is 39.2 Å². The first-order valence-corrected chi connectivity index (χ1v) is 8.58. The predicted molar refractivity (Wildman–Crippen MR) is 81.6 cm³/mol. The average Bonchev–Trinajstić information content (AvgIpc) is 2.99. The standard InChI is InChI=1S/C14H20N2S2/c1-11-4-7-17-12(11)8-15-13-16-9-14(10-18-13)5-2-3-6-14/h4,7H,2-3,5-6,8-10H2,1H3,(H,15,16). The lowest BCUT2D eigenvalue weighted by molar-refractivity contribution is 0.358. The summed E-state index contributed by atoms with van der Waals surface area (Å²) in [5.74, 6) is 1.27. The highest BCUT2D eigenvalue weighted by atomic mass is 32.2. The molecule has 1 aliphatic carbocycles. The molecule has 18 heavy (non-hydrogen) atoms. The van der Waals surface area contributed by atoms with E-state index in [-0.39, 0.29) is 0 Å². The summed E-state index contributed by atoms with van der Waals surface area (Å²) in [6.45, 7) is 4.16. The van der Waals surface area contributed by atoms with Crippen molar-refractivity contribution in [1.29, 1.82) is 0 Å². The molecule has 0 radical (unpaired) electrons. The third-order valence-electron chi connectivity index (χ3n) is 4.11. The summed E-state index contributed by atoms with van der Waals surface area (Å²) in [7, 11) is 0. The number of hydrogen-bond donors (Lipinski definition) is 1. The molecule has 0 atom stereocenters. The molecule has 1 N–H and O–H groups in total. The Hall–Kier alpha value is -0.480. The van der Waals surface area contributed by atoms with Gasteiger partial charge in [0.1, 0.15) is 0 Å². The van der Waals surface area contributed by atoms with Gasteiger partial charge in [-0.1, -0.05) is 24.6 Å². The summed E-state index contributed by atoms with van der Waals surface area (Å²) >= 11 is 3.76. The van der Waals surface area contributed by atoms with Crippen molar-refractivity contribution in [3.63, 3.8) is 0 Å². The summed E-state index contributed by atoms with van der Waals surface area (Å²) in [5, 5.41) is 6.81. The minimum atomic E-state index is 0.550. The molecule has 1 fully saturated rings. The molecule has 1 aromatic rings. The zero-order valence-corrected chi connectivity index (χ0v) is 12.5. The molecule has 0 unspecified atom stereocenters. The normalized spacial score (nSPS) is 22.2. The van der Waals surface area contributed by atoms with Crippen LogP contribution in [0.1, 0.15) is 36.1 Å². The van der Waals surface area contributed by atoms with E-state index in [0.29, 0.717) is 5.41 Å². The minimum Gasteiger partial charge on any atom is -0.360 e. The van der Waals surface area contributed by atoms with Crippen molar-refractivity contribution in [2.24, 2.45) is 10.4 Å². The lowest BCUT2D eigenvalue weighted by Gasteiger charge is -2.31. The monoisotopic (exact) mass is 280 g/mol. The largest absolute Gasteiger partial charge is 0.360 e. The number of hydrogen-bond acceptors (Lipinski definition) is 4. The SMILES string of the molecule is Cc1ccsc1CNC1=NCC2(CCCC2)CS1. The third kappa shape index (κ3) is 2.59. The van der Waals surface area contributed by atoms with E-state index < -0.39 is 0 Å². The molecule has 1 saturated carbocycles. The Kier molecular flexibility index (Phi) is 3.66. The van der Waals surface area contributed by atoms with Crippen molar-refractivity contribution in [3.8, 4) is 0 Å². The number of aliphatic imine (C=N–C) groups is 1. The van der Waals surface area contributed by atoms with Crippen LogP contribution in [0.2, 0.25) is 0 Å². The maximum Gasteiger partial charge on any atom is 0.156 e. The Labute approximate surface area is 117 Å². The molecule has 1 aliphatic heterocycles. The van der Waals surface area contributed by atoms with E-state index in [1.807, 2.05) is 23.1 Å². The van der Waals surface area contributed by atoms with Crippen LogP contribution in [0.4, 0.5) is 0 Å². The van der Waals surface area contributed by atoms with Crippen LogP contribution in [-0.2, 0) is 6.54 Å². The van der Waals surface area contributed by atoms with E-state index >= 15 is 0 Å². The molecule has 4 heteroatoms. The van der Waals surface area contributed by atoms with Crippen LogP contribution < -0.4 is 5.32 Å². The first kappa shape index (κ1) is 12.5. The van der Waals surface area contributed by atoms with Gasteiger partial charge in [0.05, 0.1) is 6.54 Å². The van der Waals surface area contributed by atoms with Crippen LogP contribution in [0.15, 0.2) is 16.4 Å². The molecule has 0 amide bonds. The Balaban J connectivity index is 1.55. The summed E-state index contributed by atoms with van der Waals surface area (Å²) < 4.78 is 0. The highest BCUT2D eigenvalue weighted by molar-refractivity contribution is 8.13. The predicted octanol–water partition coefficient (Wildman–Crippen LogP) is 3.81. The van der Waals surface area contributed by atoms with Crippen LogP contribution in [0.5, 0.6) is 0 Å². The molecular weight excluding hydrogens is 260 g/mol. The first-order chi connectivity index (χ1) is 8.77. The number of thiophene rings is 1. The maximum absolute atomic E-state index is 4.77. The van der Waals surface area contributed by atoms with Gasteiger partial charge in [-0.25, -0.2) is 0 Å². The molecular formula is C14H20N2S2. The molecule has 0 aromatic carbocycles. The van der Waals surface area contributed by atoms with Crippen LogP contribution in [0.25, 0.3) is 0 Å². The molecule has 0 saturated heterocycles. The molecule has 1 aromatic heterocycles. The smallest absolute Gasteiger partial charge is 0.156 e. The van der Waals surface area contributed by atoms with Crippen molar-refractivity contribution >= 4 is 28.3 Å². The number of aryl methyl sites for hydroxylation is 1. The molecule has 0 bridgehead atoms. The Morgan fingerprint density at radius 1 is 1.39 bits per heavy atom. The molecule has 2 aliphatic rings. The number of nitrogens with one attached hydrogen (secondary N) is 1. The minimum absolute atomic E-state index is 0.550. The van der Waals surface area contributed by atoms with Crippen molar-refractivity contribution < 1.29 is 0 Å². The van der Waals surface area contributed by atoms with Gasteiger partial charge in [-0.15, -0.1) is 11.3 Å². The van der Waals surface area contributed by atoms with Crippen LogP contribution >= 0.6 is 23.1 Å². The molecule has 3 rings (SSSR count). The van der Waals surface area contributed by atoms with Crippen molar-refractivity contribution in [2.75, 3.05) is 12.3 Å². The highest BCUT2D eigenvalue weighted by Gasteiger charge is 2.36. The van der Waals surface area contributed by atoms with Gasteiger partial charge in [-0.2, -0.15) is 0 Å². The van der Waals surface area contributed by atoms with E-state index in [1.54, 1.807) is 0 Å². The fourth-order valence-corrected chi connectivity index (χ4v) is 4.83. The molecule has 1 spiro atoms. The second-order valence-corrected chi connectivity index (χ2v) is 7.46. The second-order valence-electron chi connectivity index (χ2n) is 5.50. The Morgan fingerprint density at radius 3 is 2.83 bits per heavy atom. The van der Waals surface area contributed by atoms with E-state index in [0.717, 1.165) is 18.3 Å². The number of amidine groups is 1. The number of thioether (sulfide) groups is 1. The van der Waals surface area contributed by atoms with E-state index in [1.165, 1.54) is 41.9 Å². The summed E-state index contributed by atoms with van der Waals surface area (Å²) in [4.78, 5) is 6.20. The van der Waals surface area contributed by atoms with Crippen LogP contribution in [0.3, 0.4) is 0 Å².